The van der Waals surface area contributed by atoms with Gasteiger partial charge in [0, 0.05) is 26.4 Å². The normalized spacial score (nSPS) is 18.9. The van der Waals surface area contributed by atoms with Crippen molar-refractivity contribution in [3.8, 4) is 0 Å². The molecule has 2 rings (SSSR count). The Morgan fingerprint density at radius 1 is 1.32 bits per heavy atom. The van der Waals surface area contributed by atoms with Gasteiger partial charge in [-0.05, 0) is 18.6 Å². The van der Waals surface area contributed by atoms with Crippen LogP contribution in [0.5, 0.6) is 0 Å². The summed E-state index contributed by atoms with van der Waals surface area (Å²) in [6.07, 6.45) is 0.492. The average Bonchev–Trinajstić information content (AvgIpc) is 2.64. The van der Waals surface area contributed by atoms with Crippen LogP contribution in [0.15, 0.2) is 18.3 Å². The highest BCUT2D eigenvalue weighted by Gasteiger charge is 2.33. The fraction of sp³-hybridized carbons (Fsp3) is 0.438. The smallest absolute Gasteiger partial charge is 0.405 e. The third-order valence-electron chi connectivity index (χ3n) is 4.03. The largest absolute Gasteiger partial charge is 0.465 e. The summed E-state index contributed by atoms with van der Waals surface area (Å²) in [5, 5.41) is 16.7. The first-order valence-corrected chi connectivity index (χ1v) is 9.08. The van der Waals surface area contributed by atoms with Gasteiger partial charge in [-0.1, -0.05) is 23.8 Å². The number of carbonyl (C=O) groups is 3. The van der Waals surface area contributed by atoms with Gasteiger partial charge in [0.25, 0.3) is 0 Å². The number of ether oxygens (including phenoxy) is 1. The van der Waals surface area contributed by atoms with E-state index >= 15 is 0 Å². The molecule has 1 aliphatic rings. The third-order valence-corrected chi connectivity index (χ3v) is 4.63. The highest BCUT2D eigenvalue weighted by atomic mass is 35.5. The van der Waals surface area contributed by atoms with E-state index in [1.807, 2.05) is 0 Å². The second-order valence-corrected chi connectivity index (χ2v) is 6.92. The van der Waals surface area contributed by atoms with Crippen molar-refractivity contribution in [2.45, 2.75) is 18.5 Å². The van der Waals surface area contributed by atoms with Gasteiger partial charge in [0.05, 0.1) is 23.7 Å². The van der Waals surface area contributed by atoms with Crippen LogP contribution >= 0.6 is 23.8 Å². The molecule has 0 saturated carbocycles. The van der Waals surface area contributed by atoms with Crippen molar-refractivity contribution >= 4 is 52.5 Å². The number of piperidine rings is 1. The minimum Gasteiger partial charge on any atom is -0.465 e. The van der Waals surface area contributed by atoms with Crippen LogP contribution in [0.3, 0.4) is 0 Å². The molecule has 4 N–H and O–H groups in total. The van der Waals surface area contributed by atoms with E-state index < -0.39 is 30.0 Å². The van der Waals surface area contributed by atoms with Crippen LogP contribution in [0, 0.1) is 0 Å². The molecule has 3 amide bonds. The summed E-state index contributed by atoms with van der Waals surface area (Å²) in [6, 6.07) is 1.76. The molecule has 152 valence electrons. The molecule has 10 nitrogen and oxygen atoms in total. The van der Waals surface area contributed by atoms with E-state index in [2.05, 4.69) is 20.9 Å². The Bertz CT molecular complexity index is 747. The number of carbonyl (C=O) groups excluding carboxylic acids is 2. The van der Waals surface area contributed by atoms with Crippen molar-refractivity contribution in [2.75, 3.05) is 32.1 Å². The molecule has 2 atom stereocenters. The Morgan fingerprint density at radius 2 is 2.07 bits per heavy atom. The summed E-state index contributed by atoms with van der Waals surface area (Å²) in [6.45, 7) is 0.980. The molecule has 0 radical (unpaired) electrons. The van der Waals surface area contributed by atoms with Gasteiger partial charge in [-0.3, -0.25) is 9.59 Å². The highest BCUT2D eigenvalue weighted by Crippen LogP contribution is 2.13. The van der Waals surface area contributed by atoms with Crippen LogP contribution in [-0.2, 0) is 14.3 Å². The van der Waals surface area contributed by atoms with E-state index in [1.165, 1.54) is 25.4 Å². The van der Waals surface area contributed by atoms with Gasteiger partial charge in [-0.2, -0.15) is 0 Å². The quantitative estimate of drug-likeness (QED) is 0.392. The van der Waals surface area contributed by atoms with Crippen molar-refractivity contribution < 1.29 is 24.2 Å². The van der Waals surface area contributed by atoms with E-state index in [-0.39, 0.29) is 19.0 Å². The van der Waals surface area contributed by atoms with Gasteiger partial charge in [0.1, 0.15) is 10.8 Å². The summed E-state index contributed by atoms with van der Waals surface area (Å²) in [4.78, 5) is 41.6. The van der Waals surface area contributed by atoms with Gasteiger partial charge in [0.15, 0.2) is 0 Å². The molecule has 28 heavy (non-hydrogen) atoms. The van der Waals surface area contributed by atoms with Gasteiger partial charge in [-0.25, -0.2) is 9.78 Å². The van der Waals surface area contributed by atoms with E-state index in [0.717, 1.165) is 0 Å². The summed E-state index contributed by atoms with van der Waals surface area (Å²) >= 11 is 11.0. The Morgan fingerprint density at radius 3 is 2.68 bits per heavy atom. The lowest BCUT2D eigenvalue weighted by molar-refractivity contribution is -0.136. The van der Waals surface area contributed by atoms with Crippen molar-refractivity contribution in [3.63, 3.8) is 0 Å². The number of amides is 3. The zero-order valence-corrected chi connectivity index (χ0v) is 16.5. The van der Waals surface area contributed by atoms with Gasteiger partial charge in [-0.15, -0.1) is 0 Å². The highest BCUT2D eigenvalue weighted by molar-refractivity contribution is 7.80. The number of hydrogen-bond acceptors (Lipinski definition) is 6. The van der Waals surface area contributed by atoms with E-state index in [0.29, 0.717) is 23.0 Å². The zero-order valence-electron chi connectivity index (χ0n) is 15.0. The first-order chi connectivity index (χ1) is 13.3. The number of likely N-dealkylation sites (tertiary alicyclic amines) is 1. The molecule has 1 fully saturated rings. The molecule has 1 saturated heterocycles. The van der Waals surface area contributed by atoms with Crippen LogP contribution in [0.25, 0.3) is 0 Å². The Balaban J connectivity index is 1.98. The van der Waals surface area contributed by atoms with Crippen molar-refractivity contribution in [1.82, 2.24) is 20.5 Å². The number of nitrogens with one attached hydrogen (secondary N) is 3. The van der Waals surface area contributed by atoms with Crippen molar-refractivity contribution in [2.24, 2.45) is 0 Å². The topological polar surface area (TPSA) is 133 Å². The number of hydrogen-bond donors (Lipinski definition) is 4. The molecule has 2 heterocycles. The maximum atomic E-state index is 12.2. The third kappa shape index (κ3) is 6.29. The second kappa shape index (κ2) is 10.2. The Kier molecular flexibility index (Phi) is 7.91. The van der Waals surface area contributed by atoms with Crippen LogP contribution in [0.2, 0.25) is 5.02 Å². The van der Waals surface area contributed by atoms with Crippen molar-refractivity contribution in [1.29, 1.82) is 0 Å². The molecule has 0 aromatic carbocycles. The number of pyridine rings is 1. The molecular weight excluding hydrogens is 410 g/mol. The number of halogens is 1. The number of methoxy groups -OCH3 is 1. The Labute approximate surface area is 171 Å². The monoisotopic (exact) mass is 429 g/mol. The number of nitrogens with zero attached hydrogens (tertiary/aromatic N) is 2. The maximum absolute atomic E-state index is 12.2. The van der Waals surface area contributed by atoms with Crippen LogP contribution in [0.4, 0.5) is 10.6 Å². The van der Waals surface area contributed by atoms with E-state index in [4.69, 9.17) is 33.7 Å². The number of aromatic nitrogens is 1. The van der Waals surface area contributed by atoms with Gasteiger partial charge in [0.2, 0.25) is 0 Å². The molecule has 0 bridgehead atoms. The van der Waals surface area contributed by atoms with Crippen LogP contribution in [-0.4, -0.2) is 76.8 Å². The van der Waals surface area contributed by atoms with Crippen molar-refractivity contribution in [3.05, 3.63) is 23.4 Å². The summed E-state index contributed by atoms with van der Waals surface area (Å²) in [5.74, 6) is -1.64. The zero-order chi connectivity index (χ0) is 20.7. The SMILES string of the molecule is COCC(=S)N1CC[C@H](NC(=O)C(=O)Nc2ccc(Cl)cn2)[C@H](NC(=O)O)C1. The first kappa shape index (κ1) is 21.8. The number of carboxylic acid groups (broad SMARTS) is 1. The molecule has 0 spiro atoms. The predicted molar refractivity (Wildman–Crippen MR) is 105 cm³/mol. The lowest BCUT2D eigenvalue weighted by Crippen LogP contribution is -2.62. The van der Waals surface area contributed by atoms with E-state index in [1.54, 1.807) is 4.90 Å². The molecule has 0 aliphatic carbocycles. The minimum absolute atomic E-state index is 0.171. The summed E-state index contributed by atoms with van der Waals surface area (Å²) in [5.41, 5.74) is 0. The van der Waals surface area contributed by atoms with E-state index in [9.17, 15) is 14.4 Å². The van der Waals surface area contributed by atoms with Crippen LogP contribution in [0.1, 0.15) is 6.42 Å². The fourth-order valence-electron chi connectivity index (χ4n) is 2.73. The molecular formula is C16H20ClN5O5S. The lowest BCUT2D eigenvalue weighted by Gasteiger charge is -2.39. The van der Waals surface area contributed by atoms with Crippen LogP contribution < -0.4 is 16.0 Å². The number of anilines is 1. The van der Waals surface area contributed by atoms with Gasteiger partial charge < -0.3 is 30.7 Å². The summed E-state index contributed by atoms with van der Waals surface area (Å²) < 4.78 is 5.00. The Hall–Kier alpha value is -2.50. The molecule has 12 heteroatoms. The molecule has 1 aromatic rings. The average molecular weight is 430 g/mol. The predicted octanol–water partition coefficient (Wildman–Crippen LogP) is 0.474. The number of rotatable bonds is 5. The standard InChI is InChI=1S/C16H20ClN5O5S/c1-27-8-13(28)22-5-4-10(11(7-22)20-16(25)26)19-14(23)15(24)21-12-3-2-9(17)6-18-12/h2-3,6,10-11,20H,4-5,7-8H2,1H3,(H,19,23)(H,25,26)(H,18,21,24)/t10-,11+/m0/s1. The molecule has 1 aromatic heterocycles. The second-order valence-electron chi connectivity index (χ2n) is 6.01. The minimum atomic E-state index is -1.24. The van der Waals surface area contributed by atoms with Gasteiger partial charge >= 0.3 is 17.9 Å². The molecule has 0 unspecified atom stereocenters. The fourth-order valence-corrected chi connectivity index (χ4v) is 3.12. The maximum Gasteiger partial charge on any atom is 0.405 e. The number of thiocarbonyl (C=S) groups is 1. The molecule has 1 aliphatic heterocycles. The lowest BCUT2D eigenvalue weighted by atomic mass is 9.99. The first-order valence-electron chi connectivity index (χ1n) is 8.29. The summed E-state index contributed by atoms with van der Waals surface area (Å²) in [7, 11) is 1.51.